The molecule has 2 N–H and O–H groups in total. The van der Waals surface area contributed by atoms with Gasteiger partial charge in [-0.2, -0.15) is 0 Å². The largest absolute Gasteiger partial charge is 0.311 e. The summed E-state index contributed by atoms with van der Waals surface area (Å²) < 4.78 is 0. The van der Waals surface area contributed by atoms with E-state index in [1.807, 2.05) is 49.4 Å². The highest BCUT2D eigenvalue weighted by molar-refractivity contribution is 5.90. The Kier molecular flexibility index (Phi) is 3.50. The maximum atomic E-state index is 11.7. The first-order valence-electron chi connectivity index (χ1n) is 5.56. The summed E-state index contributed by atoms with van der Waals surface area (Å²) in [6.07, 6.45) is 2.17. The second-order valence-corrected chi connectivity index (χ2v) is 3.99. The molecule has 2 aromatic rings. The molecular formula is C14H15N2O+. The monoisotopic (exact) mass is 227 g/mol. The van der Waals surface area contributed by atoms with Crippen LogP contribution in [0.4, 0.5) is 5.82 Å². The standard InChI is InChI=1S/C14H14N2O/c1-11-5-7-12(8-6-11)10-14(17)16-13-4-2-3-9-15-13/h2-9H,10H2,1H3,(H,15,16,17)/p+1. The van der Waals surface area contributed by atoms with Crippen LogP contribution in [0.2, 0.25) is 0 Å². The number of carbonyl (C=O) groups excluding carboxylic acids is 1. The molecule has 0 unspecified atom stereocenters. The topological polar surface area (TPSA) is 43.2 Å². The number of aromatic nitrogens is 1. The lowest BCUT2D eigenvalue weighted by Gasteiger charge is -1.99. The second kappa shape index (κ2) is 5.25. The highest BCUT2D eigenvalue weighted by atomic mass is 16.1. The fourth-order valence-electron chi connectivity index (χ4n) is 1.56. The van der Waals surface area contributed by atoms with Crippen LogP contribution in [0.15, 0.2) is 48.7 Å². The number of H-pyrrole nitrogens is 1. The number of hydrogen-bond donors (Lipinski definition) is 1. The zero-order valence-corrected chi connectivity index (χ0v) is 9.73. The molecule has 1 aromatic carbocycles. The minimum absolute atomic E-state index is 0.0173. The third kappa shape index (κ3) is 3.41. The van der Waals surface area contributed by atoms with E-state index in [4.69, 9.17) is 0 Å². The summed E-state index contributed by atoms with van der Waals surface area (Å²) in [5.41, 5.74) is 2.22. The summed E-state index contributed by atoms with van der Waals surface area (Å²) in [4.78, 5) is 14.7. The van der Waals surface area contributed by atoms with Gasteiger partial charge in [0, 0.05) is 6.07 Å². The van der Waals surface area contributed by atoms with Crippen LogP contribution in [0.25, 0.3) is 0 Å². The summed E-state index contributed by atoms with van der Waals surface area (Å²) in [5.74, 6) is 0.695. The molecule has 0 aliphatic rings. The first kappa shape index (κ1) is 11.3. The minimum Gasteiger partial charge on any atom is -0.247 e. The van der Waals surface area contributed by atoms with Gasteiger partial charge in [-0.05, 0) is 18.6 Å². The Morgan fingerprint density at radius 3 is 2.59 bits per heavy atom. The first-order valence-corrected chi connectivity index (χ1v) is 5.56. The van der Waals surface area contributed by atoms with E-state index in [0.717, 1.165) is 5.56 Å². The van der Waals surface area contributed by atoms with Gasteiger partial charge in [-0.15, -0.1) is 0 Å². The molecule has 3 heteroatoms. The number of rotatable bonds is 3. The van der Waals surface area contributed by atoms with Gasteiger partial charge in [0.1, 0.15) is 0 Å². The molecule has 0 fully saturated rings. The van der Waals surface area contributed by atoms with Gasteiger partial charge in [-0.25, -0.2) is 15.1 Å². The highest BCUT2D eigenvalue weighted by Gasteiger charge is 2.09. The summed E-state index contributed by atoms with van der Waals surface area (Å²) in [6.45, 7) is 2.03. The summed E-state index contributed by atoms with van der Waals surface area (Å²) in [5, 5.41) is 2.81. The average Bonchev–Trinajstić information content (AvgIpc) is 2.33. The number of pyridine rings is 1. The van der Waals surface area contributed by atoms with Gasteiger partial charge in [-0.3, -0.25) is 0 Å². The molecule has 0 radical (unpaired) electrons. The SMILES string of the molecule is Cc1ccc(CC(=O)Nc2cccc[nH+]2)cc1. The van der Waals surface area contributed by atoms with Crippen molar-refractivity contribution >= 4 is 11.7 Å². The van der Waals surface area contributed by atoms with Crippen molar-refractivity contribution in [1.29, 1.82) is 0 Å². The molecule has 2 rings (SSSR count). The minimum atomic E-state index is -0.0173. The lowest BCUT2D eigenvalue weighted by Crippen LogP contribution is -2.20. The average molecular weight is 227 g/mol. The summed E-state index contributed by atoms with van der Waals surface area (Å²) in [7, 11) is 0. The number of carbonyl (C=O) groups is 1. The fraction of sp³-hybridized carbons (Fsp3) is 0.143. The number of amides is 1. The van der Waals surface area contributed by atoms with Crippen molar-refractivity contribution in [2.24, 2.45) is 0 Å². The molecule has 0 bridgehead atoms. The van der Waals surface area contributed by atoms with Crippen molar-refractivity contribution in [3.8, 4) is 0 Å². The number of nitrogens with one attached hydrogen (secondary N) is 2. The molecule has 0 saturated carbocycles. The number of aromatic amines is 1. The summed E-state index contributed by atoms with van der Waals surface area (Å²) >= 11 is 0. The number of hydrogen-bond acceptors (Lipinski definition) is 1. The van der Waals surface area contributed by atoms with E-state index in [2.05, 4.69) is 10.3 Å². The van der Waals surface area contributed by atoms with E-state index >= 15 is 0 Å². The van der Waals surface area contributed by atoms with Crippen molar-refractivity contribution < 1.29 is 9.78 Å². The van der Waals surface area contributed by atoms with Gasteiger partial charge >= 0.3 is 5.91 Å². The molecule has 1 heterocycles. The molecule has 0 aliphatic heterocycles. The molecule has 86 valence electrons. The van der Waals surface area contributed by atoms with Crippen LogP contribution in [-0.4, -0.2) is 5.91 Å². The Hall–Kier alpha value is -2.16. The van der Waals surface area contributed by atoms with Crippen molar-refractivity contribution in [2.45, 2.75) is 13.3 Å². The first-order chi connectivity index (χ1) is 8.24. The zero-order valence-electron chi connectivity index (χ0n) is 9.73. The maximum Gasteiger partial charge on any atom is 0.311 e. The molecule has 1 aromatic heterocycles. The van der Waals surface area contributed by atoms with E-state index in [9.17, 15) is 4.79 Å². The third-order valence-electron chi connectivity index (χ3n) is 2.47. The Morgan fingerprint density at radius 1 is 1.18 bits per heavy atom. The van der Waals surface area contributed by atoms with Crippen molar-refractivity contribution in [3.05, 3.63) is 59.8 Å². The molecule has 0 saturated heterocycles. The van der Waals surface area contributed by atoms with Crippen LogP contribution in [0.1, 0.15) is 11.1 Å². The predicted octanol–water partition coefficient (Wildman–Crippen LogP) is 1.99. The molecular weight excluding hydrogens is 212 g/mol. The quantitative estimate of drug-likeness (QED) is 0.856. The Bertz CT molecular complexity index is 491. The van der Waals surface area contributed by atoms with Crippen LogP contribution < -0.4 is 10.3 Å². The van der Waals surface area contributed by atoms with Crippen molar-refractivity contribution in [1.82, 2.24) is 0 Å². The van der Waals surface area contributed by atoms with E-state index < -0.39 is 0 Å². The molecule has 17 heavy (non-hydrogen) atoms. The van der Waals surface area contributed by atoms with Gasteiger partial charge in [0.05, 0.1) is 12.6 Å². The van der Waals surface area contributed by atoms with Crippen LogP contribution in [0.3, 0.4) is 0 Å². The number of benzene rings is 1. The Labute approximate surface area is 101 Å². The molecule has 3 nitrogen and oxygen atoms in total. The van der Waals surface area contributed by atoms with E-state index in [1.165, 1.54) is 5.56 Å². The number of anilines is 1. The predicted molar refractivity (Wildman–Crippen MR) is 66.5 cm³/mol. The van der Waals surface area contributed by atoms with Gasteiger partial charge in [0.15, 0.2) is 0 Å². The Balaban J connectivity index is 1.96. The molecule has 0 aliphatic carbocycles. The highest BCUT2D eigenvalue weighted by Crippen LogP contribution is 2.05. The van der Waals surface area contributed by atoms with Gasteiger partial charge < -0.3 is 0 Å². The fourth-order valence-corrected chi connectivity index (χ4v) is 1.56. The second-order valence-electron chi connectivity index (χ2n) is 3.99. The zero-order chi connectivity index (χ0) is 12.1. The van der Waals surface area contributed by atoms with Gasteiger partial charge in [0.25, 0.3) is 5.82 Å². The normalized spacial score (nSPS) is 9.94. The number of aryl methyl sites for hydroxylation is 1. The van der Waals surface area contributed by atoms with Crippen molar-refractivity contribution in [2.75, 3.05) is 5.32 Å². The van der Waals surface area contributed by atoms with Crippen LogP contribution >= 0.6 is 0 Å². The Morgan fingerprint density at radius 2 is 1.94 bits per heavy atom. The van der Waals surface area contributed by atoms with Crippen LogP contribution in [-0.2, 0) is 11.2 Å². The molecule has 0 atom stereocenters. The maximum absolute atomic E-state index is 11.7. The van der Waals surface area contributed by atoms with Crippen molar-refractivity contribution in [3.63, 3.8) is 0 Å². The van der Waals surface area contributed by atoms with Crippen LogP contribution in [0, 0.1) is 6.92 Å². The van der Waals surface area contributed by atoms with Gasteiger partial charge in [0.2, 0.25) is 0 Å². The van der Waals surface area contributed by atoms with Crippen LogP contribution in [0.5, 0.6) is 0 Å². The van der Waals surface area contributed by atoms with E-state index in [0.29, 0.717) is 12.2 Å². The molecule has 1 amide bonds. The lowest BCUT2D eigenvalue weighted by atomic mass is 10.1. The summed E-state index contributed by atoms with van der Waals surface area (Å²) in [6, 6.07) is 13.5. The van der Waals surface area contributed by atoms with Gasteiger partial charge in [-0.1, -0.05) is 35.9 Å². The smallest absolute Gasteiger partial charge is 0.247 e. The third-order valence-corrected chi connectivity index (χ3v) is 2.47. The van der Waals surface area contributed by atoms with E-state index in [1.54, 1.807) is 6.20 Å². The van der Waals surface area contributed by atoms with E-state index in [-0.39, 0.29) is 5.91 Å². The lowest BCUT2D eigenvalue weighted by molar-refractivity contribution is -0.360. The molecule has 0 spiro atoms.